The van der Waals surface area contributed by atoms with E-state index in [0.717, 1.165) is 32.1 Å². The van der Waals surface area contributed by atoms with Crippen LogP contribution in [-0.4, -0.2) is 91.7 Å². The van der Waals surface area contributed by atoms with Crippen LogP contribution < -0.4 is 0 Å². The molecule has 2 aliphatic heterocycles. The van der Waals surface area contributed by atoms with Crippen molar-refractivity contribution in [3.05, 3.63) is 0 Å². The van der Waals surface area contributed by atoms with Gasteiger partial charge in [-0.05, 0) is 39.7 Å². The van der Waals surface area contributed by atoms with Crippen LogP contribution in [0.25, 0.3) is 0 Å². The van der Waals surface area contributed by atoms with E-state index in [4.69, 9.17) is 0 Å². The molecule has 2 aliphatic rings. The van der Waals surface area contributed by atoms with Crippen LogP contribution in [0.1, 0.15) is 39.5 Å². The molecule has 0 N–H and O–H groups in total. The Kier molecular flexibility index (Phi) is 6.85. The van der Waals surface area contributed by atoms with E-state index in [2.05, 4.69) is 18.7 Å². The summed E-state index contributed by atoms with van der Waals surface area (Å²) in [4.78, 5) is 31.0. The molecule has 25 heavy (non-hydrogen) atoms. The monoisotopic (exact) mass is 373 g/mol. The number of hydrogen-bond acceptors (Lipinski definition) is 5. The fourth-order valence-corrected chi connectivity index (χ4v) is 4.25. The molecule has 2 heterocycles. The Morgan fingerprint density at radius 1 is 1.00 bits per heavy atom. The van der Waals surface area contributed by atoms with Gasteiger partial charge < -0.3 is 9.80 Å². The maximum Gasteiger partial charge on any atom is 0.239 e. The highest BCUT2D eigenvalue weighted by Crippen LogP contribution is 2.22. The largest absolute Gasteiger partial charge is 0.341 e. The Morgan fingerprint density at radius 3 is 2.28 bits per heavy atom. The van der Waals surface area contributed by atoms with Gasteiger partial charge in [-0.2, -0.15) is 0 Å². The Morgan fingerprint density at radius 2 is 1.64 bits per heavy atom. The van der Waals surface area contributed by atoms with Crippen molar-refractivity contribution in [1.82, 2.24) is 14.7 Å². The molecule has 0 aromatic rings. The van der Waals surface area contributed by atoms with E-state index in [1.165, 1.54) is 0 Å². The first-order valence-corrected chi connectivity index (χ1v) is 11.2. The lowest BCUT2D eigenvalue weighted by atomic mass is 10.1. The highest BCUT2D eigenvalue weighted by Gasteiger charge is 2.35. The smallest absolute Gasteiger partial charge is 0.239 e. The maximum absolute atomic E-state index is 12.9. The predicted octanol–water partition coefficient (Wildman–Crippen LogP) is 0.355. The number of rotatable bonds is 5. The van der Waals surface area contributed by atoms with E-state index in [0.29, 0.717) is 32.2 Å². The Balaban J connectivity index is 1.90. The SMILES string of the molecule is CC(C)N1CCC[C@H]1C(=O)N1CCCN(C(=O)CCS(C)(=O)=O)CC1. The summed E-state index contributed by atoms with van der Waals surface area (Å²) in [6.07, 6.45) is 3.87. The Bertz CT molecular complexity index is 591. The van der Waals surface area contributed by atoms with Crippen molar-refractivity contribution in [2.24, 2.45) is 0 Å². The summed E-state index contributed by atoms with van der Waals surface area (Å²) >= 11 is 0. The summed E-state index contributed by atoms with van der Waals surface area (Å²) < 4.78 is 22.5. The first-order valence-electron chi connectivity index (χ1n) is 9.19. The molecular weight excluding hydrogens is 342 g/mol. The fourth-order valence-electron chi connectivity index (χ4n) is 3.70. The molecule has 0 unspecified atom stereocenters. The molecule has 0 aromatic heterocycles. The van der Waals surface area contributed by atoms with Gasteiger partial charge in [0.05, 0.1) is 11.8 Å². The Labute approximate surface area is 151 Å². The van der Waals surface area contributed by atoms with E-state index in [1.54, 1.807) is 4.90 Å². The van der Waals surface area contributed by atoms with Crippen LogP contribution in [0.5, 0.6) is 0 Å². The molecule has 0 saturated carbocycles. The zero-order valence-electron chi connectivity index (χ0n) is 15.6. The van der Waals surface area contributed by atoms with Gasteiger partial charge in [0.2, 0.25) is 11.8 Å². The highest BCUT2D eigenvalue weighted by atomic mass is 32.2. The van der Waals surface area contributed by atoms with Crippen molar-refractivity contribution in [1.29, 1.82) is 0 Å². The normalized spacial score (nSPS) is 23.1. The van der Waals surface area contributed by atoms with Gasteiger partial charge in [-0.25, -0.2) is 8.42 Å². The average molecular weight is 374 g/mol. The van der Waals surface area contributed by atoms with Gasteiger partial charge >= 0.3 is 0 Å². The van der Waals surface area contributed by atoms with Crippen LogP contribution in [0.3, 0.4) is 0 Å². The van der Waals surface area contributed by atoms with Crippen molar-refractivity contribution < 1.29 is 18.0 Å². The van der Waals surface area contributed by atoms with Crippen molar-refractivity contribution in [2.75, 3.05) is 44.7 Å². The molecule has 0 radical (unpaired) electrons. The molecule has 7 nitrogen and oxygen atoms in total. The van der Waals surface area contributed by atoms with E-state index in [-0.39, 0.29) is 30.0 Å². The second-order valence-electron chi connectivity index (χ2n) is 7.43. The molecule has 144 valence electrons. The first-order chi connectivity index (χ1) is 11.7. The van der Waals surface area contributed by atoms with Gasteiger partial charge in [0, 0.05) is 44.9 Å². The van der Waals surface area contributed by atoms with Crippen molar-refractivity contribution in [3.8, 4) is 0 Å². The van der Waals surface area contributed by atoms with E-state index in [9.17, 15) is 18.0 Å². The molecule has 8 heteroatoms. The van der Waals surface area contributed by atoms with E-state index in [1.807, 2.05) is 4.90 Å². The molecule has 2 saturated heterocycles. The second-order valence-corrected chi connectivity index (χ2v) is 9.69. The Hall–Kier alpha value is -1.15. The van der Waals surface area contributed by atoms with Crippen LogP contribution in [0.4, 0.5) is 0 Å². The zero-order valence-corrected chi connectivity index (χ0v) is 16.4. The average Bonchev–Trinajstić information content (AvgIpc) is 2.89. The number of likely N-dealkylation sites (tertiary alicyclic amines) is 1. The summed E-state index contributed by atoms with van der Waals surface area (Å²) in [6.45, 7) is 7.49. The summed E-state index contributed by atoms with van der Waals surface area (Å²) in [5.41, 5.74) is 0. The minimum Gasteiger partial charge on any atom is -0.341 e. The number of carbonyl (C=O) groups excluding carboxylic acids is 2. The molecule has 2 fully saturated rings. The lowest BCUT2D eigenvalue weighted by molar-refractivity contribution is -0.137. The molecule has 2 rings (SSSR count). The maximum atomic E-state index is 12.9. The predicted molar refractivity (Wildman–Crippen MR) is 97.0 cm³/mol. The zero-order chi connectivity index (χ0) is 18.6. The van der Waals surface area contributed by atoms with Crippen LogP contribution in [0, 0.1) is 0 Å². The number of amides is 2. The first kappa shape index (κ1) is 20.2. The minimum atomic E-state index is -3.13. The third-order valence-electron chi connectivity index (χ3n) is 5.09. The van der Waals surface area contributed by atoms with Crippen molar-refractivity contribution in [3.63, 3.8) is 0 Å². The number of sulfone groups is 1. The van der Waals surface area contributed by atoms with Crippen LogP contribution in [0.15, 0.2) is 0 Å². The van der Waals surface area contributed by atoms with Crippen LogP contribution in [0.2, 0.25) is 0 Å². The summed E-state index contributed by atoms with van der Waals surface area (Å²) in [6, 6.07) is 0.324. The van der Waals surface area contributed by atoms with Gasteiger partial charge in [0.15, 0.2) is 0 Å². The number of carbonyl (C=O) groups is 2. The van der Waals surface area contributed by atoms with Gasteiger partial charge in [-0.1, -0.05) is 0 Å². The lowest BCUT2D eigenvalue weighted by Gasteiger charge is -2.31. The van der Waals surface area contributed by atoms with E-state index < -0.39 is 9.84 Å². The molecule has 1 atom stereocenters. The van der Waals surface area contributed by atoms with Crippen molar-refractivity contribution in [2.45, 2.75) is 51.6 Å². The fraction of sp³-hybridized carbons (Fsp3) is 0.882. The lowest BCUT2D eigenvalue weighted by Crippen LogP contribution is -2.49. The third-order valence-corrected chi connectivity index (χ3v) is 6.04. The van der Waals surface area contributed by atoms with Crippen LogP contribution >= 0.6 is 0 Å². The molecule has 0 spiro atoms. The van der Waals surface area contributed by atoms with Gasteiger partial charge in [0.25, 0.3) is 0 Å². The molecule has 2 amide bonds. The quantitative estimate of drug-likeness (QED) is 0.695. The van der Waals surface area contributed by atoms with Gasteiger partial charge in [-0.3, -0.25) is 14.5 Å². The molecule has 0 aromatic carbocycles. The van der Waals surface area contributed by atoms with Gasteiger partial charge in [0.1, 0.15) is 9.84 Å². The number of nitrogens with zero attached hydrogens (tertiary/aromatic N) is 3. The second kappa shape index (κ2) is 8.49. The van der Waals surface area contributed by atoms with E-state index >= 15 is 0 Å². The minimum absolute atomic E-state index is 0.0243. The summed E-state index contributed by atoms with van der Waals surface area (Å²) in [5.74, 6) is -0.0721. The standard InChI is InChI=1S/C17H31N3O4S/c1-14(2)20-10-4-6-15(20)17(22)19-9-5-8-18(11-12-19)16(21)7-13-25(3,23)24/h14-15H,4-13H2,1-3H3/t15-/m0/s1. The topological polar surface area (TPSA) is 78.0 Å². The number of hydrogen-bond donors (Lipinski definition) is 0. The molecule has 0 aliphatic carbocycles. The third kappa shape index (κ3) is 5.67. The van der Waals surface area contributed by atoms with Gasteiger partial charge in [-0.15, -0.1) is 0 Å². The highest BCUT2D eigenvalue weighted by molar-refractivity contribution is 7.90. The molecular formula is C17H31N3O4S. The summed E-state index contributed by atoms with van der Waals surface area (Å²) in [7, 11) is -3.13. The van der Waals surface area contributed by atoms with Crippen LogP contribution in [-0.2, 0) is 19.4 Å². The molecule has 0 bridgehead atoms. The van der Waals surface area contributed by atoms with Crippen molar-refractivity contribution >= 4 is 21.7 Å². The summed E-state index contributed by atoms with van der Waals surface area (Å²) in [5, 5.41) is 0.